The Labute approximate surface area is 175 Å². The lowest BCUT2D eigenvalue weighted by Crippen LogP contribution is -2.41. The molecule has 1 unspecified atom stereocenters. The topological polar surface area (TPSA) is 66.5 Å². The number of nitrogens with one attached hydrogen (secondary N) is 1. The highest BCUT2D eigenvalue weighted by Gasteiger charge is 2.49. The van der Waals surface area contributed by atoms with Gasteiger partial charge in [-0.2, -0.15) is 0 Å². The van der Waals surface area contributed by atoms with Crippen LogP contribution in [0.15, 0.2) is 66.7 Å². The molecule has 1 aliphatic rings. The molecule has 0 spiro atoms. The maximum atomic E-state index is 13.2. The fourth-order valence-electron chi connectivity index (χ4n) is 3.83. The quantitative estimate of drug-likeness (QED) is 0.502. The molecule has 1 N–H and O–H groups in total. The predicted octanol–water partition coefficient (Wildman–Crippen LogP) is 4.61. The van der Waals surface area contributed by atoms with Crippen LogP contribution in [0.2, 0.25) is 0 Å². The molecule has 1 aliphatic heterocycles. The van der Waals surface area contributed by atoms with E-state index in [-0.39, 0.29) is 12.3 Å². The molecule has 1 fully saturated rings. The first kappa shape index (κ1) is 19.8. The summed E-state index contributed by atoms with van der Waals surface area (Å²) >= 11 is 0. The molecule has 0 bridgehead atoms. The van der Waals surface area contributed by atoms with E-state index in [9.17, 15) is 14.4 Å². The summed E-state index contributed by atoms with van der Waals surface area (Å²) in [6, 6.07) is 20.3. The summed E-state index contributed by atoms with van der Waals surface area (Å²) in [6.45, 7) is 5.56. The van der Waals surface area contributed by atoms with Crippen LogP contribution in [0.1, 0.15) is 48.2 Å². The number of amides is 3. The summed E-state index contributed by atoms with van der Waals surface area (Å²) in [7, 11) is 0. The van der Waals surface area contributed by atoms with Gasteiger partial charge in [-0.3, -0.25) is 14.5 Å². The van der Waals surface area contributed by atoms with Crippen molar-refractivity contribution in [2.24, 2.45) is 0 Å². The van der Waals surface area contributed by atoms with E-state index >= 15 is 0 Å². The molecule has 1 heterocycles. The first-order chi connectivity index (χ1) is 14.3. The van der Waals surface area contributed by atoms with Crippen LogP contribution in [-0.2, 0) is 10.3 Å². The number of rotatable bonds is 5. The van der Waals surface area contributed by atoms with Crippen molar-refractivity contribution < 1.29 is 14.4 Å². The summed E-state index contributed by atoms with van der Waals surface area (Å²) in [4.78, 5) is 39.5. The van der Waals surface area contributed by atoms with Gasteiger partial charge in [0.1, 0.15) is 5.54 Å². The van der Waals surface area contributed by atoms with Gasteiger partial charge in [0, 0.05) is 5.56 Å². The zero-order valence-corrected chi connectivity index (χ0v) is 17.3. The third kappa shape index (κ3) is 3.36. The number of carbonyl (C=O) groups is 3. The van der Waals surface area contributed by atoms with E-state index in [1.54, 1.807) is 19.1 Å². The number of Topliss-reactive ketones (excluding diaryl/α,β-unsaturated/α-hetero) is 1. The van der Waals surface area contributed by atoms with Crippen molar-refractivity contribution in [2.75, 3.05) is 6.54 Å². The average Bonchev–Trinajstić information content (AvgIpc) is 2.97. The Bertz CT molecular complexity index is 1150. The second kappa shape index (κ2) is 7.41. The molecule has 3 amide bonds. The van der Waals surface area contributed by atoms with Gasteiger partial charge >= 0.3 is 6.03 Å². The Balaban J connectivity index is 1.57. The maximum Gasteiger partial charge on any atom is 0.325 e. The first-order valence-electron chi connectivity index (χ1n) is 10.1. The number of carbonyl (C=O) groups excluding carboxylic acids is 3. The normalized spacial score (nSPS) is 18.9. The van der Waals surface area contributed by atoms with Gasteiger partial charge in [0.15, 0.2) is 5.78 Å². The largest absolute Gasteiger partial charge is 0.325 e. The SMILES string of the molecule is CC(C)c1ccc(C(=O)CN2C(=O)NC(C)(c3ccc4ccccc4c3)C2=O)cc1. The third-order valence-corrected chi connectivity index (χ3v) is 5.80. The van der Waals surface area contributed by atoms with Crippen LogP contribution in [0, 0.1) is 0 Å². The monoisotopic (exact) mass is 400 g/mol. The van der Waals surface area contributed by atoms with Gasteiger partial charge in [-0.05, 0) is 40.8 Å². The fourth-order valence-corrected chi connectivity index (χ4v) is 3.83. The number of imide groups is 1. The number of fused-ring (bicyclic) bond motifs is 1. The zero-order chi connectivity index (χ0) is 21.5. The summed E-state index contributed by atoms with van der Waals surface area (Å²) in [6.07, 6.45) is 0. The van der Waals surface area contributed by atoms with Crippen LogP contribution in [0.3, 0.4) is 0 Å². The molecular formula is C25H24N2O3. The van der Waals surface area contributed by atoms with Crippen LogP contribution in [0.4, 0.5) is 4.79 Å². The Morgan fingerprint density at radius 3 is 2.30 bits per heavy atom. The Morgan fingerprint density at radius 2 is 1.63 bits per heavy atom. The van der Waals surface area contributed by atoms with E-state index in [1.807, 2.05) is 54.6 Å². The predicted molar refractivity (Wildman–Crippen MR) is 116 cm³/mol. The molecular weight excluding hydrogens is 376 g/mol. The molecule has 5 heteroatoms. The van der Waals surface area contributed by atoms with E-state index in [1.165, 1.54) is 0 Å². The van der Waals surface area contributed by atoms with Gasteiger partial charge in [-0.25, -0.2) is 4.79 Å². The van der Waals surface area contributed by atoms with Crippen molar-refractivity contribution in [3.63, 3.8) is 0 Å². The molecule has 0 aromatic heterocycles. The summed E-state index contributed by atoms with van der Waals surface area (Å²) in [5.41, 5.74) is 1.10. The molecule has 30 heavy (non-hydrogen) atoms. The zero-order valence-electron chi connectivity index (χ0n) is 17.3. The minimum Gasteiger partial charge on any atom is -0.319 e. The van der Waals surface area contributed by atoms with Crippen molar-refractivity contribution in [1.29, 1.82) is 0 Å². The number of hydrogen-bond acceptors (Lipinski definition) is 3. The molecule has 5 nitrogen and oxygen atoms in total. The molecule has 0 aliphatic carbocycles. The molecule has 4 rings (SSSR count). The van der Waals surface area contributed by atoms with Crippen LogP contribution in [0.25, 0.3) is 10.8 Å². The molecule has 0 saturated carbocycles. The van der Waals surface area contributed by atoms with Crippen LogP contribution < -0.4 is 5.32 Å². The van der Waals surface area contributed by atoms with Crippen molar-refractivity contribution in [3.8, 4) is 0 Å². The highest BCUT2D eigenvalue weighted by molar-refractivity contribution is 6.11. The van der Waals surface area contributed by atoms with Gasteiger partial charge in [0.05, 0.1) is 6.54 Å². The molecule has 0 radical (unpaired) electrons. The van der Waals surface area contributed by atoms with Crippen molar-refractivity contribution >= 4 is 28.5 Å². The Kier molecular flexibility index (Phi) is 4.90. The first-order valence-corrected chi connectivity index (χ1v) is 10.1. The van der Waals surface area contributed by atoms with E-state index in [0.29, 0.717) is 17.0 Å². The lowest BCUT2D eigenvalue weighted by atomic mass is 9.90. The number of ketones is 1. The molecule has 3 aromatic rings. The Hall–Kier alpha value is -3.47. The van der Waals surface area contributed by atoms with Crippen molar-refractivity contribution in [3.05, 3.63) is 83.4 Å². The van der Waals surface area contributed by atoms with Crippen LogP contribution in [-0.4, -0.2) is 29.2 Å². The highest BCUT2D eigenvalue weighted by Crippen LogP contribution is 2.31. The summed E-state index contributed by atoms with van der Waals surface area (Å²) < 4.78 is 0. The van der Waals surface area contributed by atoms with Gasteiger partial charge in [0.2, 0.25) is 0 Å². The van der Waals surface area contributed by atoms with Crippen LogP contribution in [0.5, 0.6) is 0 Å². The smallest absolute Gasteiger partial charge is 0.319 e. The van der Waals surface area contributed by atoms with Gasteiger partial charge in [-0.15, -0.1) is 0 Å². The number of benzene rings is 3. The average molecular weight is 400 g/mol. The fraction of sp³-hybridized carbons (Fsp3) is 0.240. The number of nitrogens with zero attached hydrogens (tertiary/aromatic N) is 1. The van der Waals surface area contributed by atoms with Crippen molar-refractivity contribution in [1.82, 2.24) is 10.2 Å². The standard InChI is InChI=1S/C25H24N2O3/c1-16(2)17-8-10-19(11-9-17)22(28)15-27-23(29)25(3,26-24(27)30)21-13-12-18-6-4-5-7-20(18)14-21/h4-14,16H,15H2,1-3H3,(H,26,30). The summed E-state index contributed by atoms with van der Waals surface area (Å²) in [5.74, 6) is -0.325. The van der Waals surface area contributed by atoms with Gasteiger partial charge < -0.3 is 5.32 Å². The van der Waals surface area contributed by atoms with Crippen LogP contribution >= 0.6 is 0 Å². The van der Waals surface area contributed by atoms with E-state index < -0.39 is 17.5 Å². The lowest BCUT2D eigenvalue weighted by Gasteiger charge is -2.22. The molecule has 3 aromatic carbocycles. The van der Waals surface area contributed by atoms with Gasteiger partial charge in [-0.1, -0.05) is 74.5 Å². The maximum absolute atomic E-state index is 13.2. The van der Waals surface area contributed by atoms with E-state index in [0.717, 1.165) is 21.2 Å². The highest BCUT2D eigenvalue weighted by atomic mass is 16.2. The molecule has 1 atom stereocenters. The summed E-state index contributed by atoms with van der Waals surface area (Å²) in [5, 5.41) is 4.82. The molecule has 1 saturated heterocycles. The van der Waals surface area contributed by atoms with E-state index in [2.05, 4.69) is 19.2 Å². The lowest BCUT2D eigenvalue weighted by molar-refractivity contribution is -0.130. The second-order valence-electron chi connectivity index (χ2n) is 8.21. The second-order valence-corrected chi connectivity index (χ2v) is 8.21. The number of urea groups is 1. The minimum atomic E-state index is -1.21. The minimum absolute atomic E-state index is 0.267. The van der Waals surface area contributed by atoms with Crippen molar-refractivity contribution in [2.45, 2.75) is 32.2 Å². The number of hydrogen-bond donors (Lipinski definition) is 1. The Morgan fingerprint density at radius 1 is 0.967 bits per heavy atom. The third-order valence-electron chi connectivity index (χ3n) is 5.80. The van der Waals surface area contributed by atoms with E-state index in [4.69, 9.17) is 0 Å². The molecule has 152 valence electrons. The van der Waals surface area contributed by atoms with Gasteiger partial charge in [0.25, 0.3) is 5.91 Å².